The molecule has 1 amide bonds. The van der Waals surface area contributed by atoms with Crippen molar-refractivity contribution in [1.82, 2.24) is 24.6 Å². The van der Waals surface area contributed by atoms with Crippen LogP contribution in [0.25, 0.3) is 12.7 Å². The monoisotopic (exact) mass is 526 g/mol. The summed E-state index contributed by atoms with van der Waals surface area (Å²) in [6.07, 6.45) is 5.69. The number of aryl methyl sites for hydroxylation is 1. The van der Waals surface area contributed by atoms with E-state index in [0.29, 0.717) is 45.0 Å². The van der Waals surface area contributed by atoms with Crippen molar-refractivity contribution in [2.45, 2.75) is 56.9 Å². The summed E-state index contributed by atoms with van der Waals surface area (Å²) >= 11 is 1.44. The molecule has 37 heavy (non-hydrogen) atoms. The Kier molecular flexibility index (Phi) is 6.54. The summed E-state index contributed by atoms with van der Waals surface area (Å²) in [4.78, 5) is 28.5. The molecule has 9 nitrogen and oxygen atoms in total. The predicted octanol–water partition coefficient (Wildman–Crippen LogP) is 1.54. The Morgan fingerprint density at radius 3 is 2.68 bits per heavy atom. The second-order valence-corrected chi connectivity index (χ2v) is 12.3. The van der Waals surface area contributed by atoms with Crippen molar-refractivity contribution >= 4 is 47.8 Å². The van der Waals surface area contributed by atoms with Gasteiger partial charge in [0.15, 0.2) is 0 Å². The number of rotatable bonds is 5. The van der Waals surface area contributed by atoms with Crippen LogP contribution < -0.4 is 20.4 Å². The number of fused-ring (bicyclic) bond motifs is 1. The van der Waals surface area contributed by atoms with E-state index in [0.717, 1.165) is 33.5 Å². The van der Waals surface area contributed by atoms with Crippen LogP contribution in [-0.2, 0) is 16.8 Å². The van der Waals surface area contributed by atoms with E-state index in [2.05, 4.69) is 35.4 Å². The molecule has 1 N–H and O–H groups in total. The minimum absolute atomic E-state index is 0.0615. The van der Waals surface area contributed by atoms with E-state index < -0.39 is 11.4 Å². The molecule has 11 heteroatoms. The maximum absolute atomic E-state index is 13.8. The Hall–Kier alpha value is -2.95. The van der Waals surface area contributed by atoms with Gasteiger partial charge >= 0.3 is 0 Å². The van der Waals surface area contributed by atoms with Gasteiger partial charge in [-0.25, -0.2) is 14.4 Å². The average Bonchev–Trinajstić information content (AvgIpc) is 3.34. The number of piperazine rings is 1. The topological polar surface area (TPSA) is 94.2 Å². The Balaban J connectivity index is 1.42. The molecular formula is C26H35FN8OS. The molecule has 0 spiro atoms. The van der Waals surface area contributed by atoms with Gasteiger partial charge in [0.2, 0.25) is 5.91 Å². The Labute approximate surface area is 220 Å². The fourth-order valence-electron chi connectivity index (χ4n) is 5.62. The number of carbonyl (C=O) groups excluding carboxylic acids is 1. The molecule has 2 unspecified atom stereocenters. The summed E-state index contributed by atoms with van der Waals surface area (Å²) in [7, 11) is 0. The third-order valence-electron chi connectivity index (χ3n) is 7.79. The molecule has 0 saturated carbocycles. The molecule has 5 rings (SSSR count). The molecule has 198 valence electrons. The van der Waals surface area contributed by atoms with Gasteiger partial charge in [-0.3, -0.25) is 14.9 Å². The minimum Gasteiger partial charge on any atom is -0.352 e. The van der Waals surface area contributed by atoms with Gasteiger partial charge in [0.05, 0.1) is 11.5 Å². The minimum atomic E-state index is -0.882. The van der Waals surface area contributed by atoms with Crippen LogP contribution >= 0.6 is 11.8 Å². The second kappa shape index (κ2) is 9.41. The van der Waals surface area contributed by atoms with Crippen molar-refractivity contribution in [3.63, 3.8) is 0 Å². The fraction of sp³-hybridized carbons (Fsp3) is 0.577. The lowest BCUT2D eigenvalue weighted by Gasteiger charge is -2.47. The average molecular weight is 527 g/mol. The maximum Gasteiger partial charge on any atom is 0.241 e. The Morgan fingerprint density at radius 2 is 2.05 bits per heavy atom. The first-order chi connectivity index (χ1) is 17.6. The van der Waals surface area contributed by atoms with Crippen molar-refractivity contribution in [3.05, 3.63) is 28.7 Å². The molecule has 2 fully saturated rings. The zero-order valence-electron chi connectivity index (χ0n) is 22.0. The van der Waals surface area contributed by atoms with E-state index in [1.165, 1.54) is 11.8 Å². The molecule has 0 radical (unpaired) electrons. The number of carbonyl (C=O) groups is 1. The van der Waals surface area contributed by atoms with Gasteiger partial charge in [-0.1, -0.05) is 20.4 Å². The van der Waals surface area contributed by atoms with Gasteiger partial charge in [0, 0.05) is 61.0 Å². The highest BCUT2D eigenvalue weighted by Crippen LogP contribution is 2.45. The van der Waals surface area contributed by atoms with E-state index >= 15 is 0 Å². The van der Waals surface area contributed by atoms with Gasteiger partial charge in [0.1, 0.15) is 35.2 Å². The Bertz CT molecular complexity index is 1330. The number of thioether (sulfide) groups is 1. The number of anilines is 2. The molecule has 3 aliphatic heterocycles. The van der Waals surface area contributed by atoms with Crippen LogP contribution in [0.5, 0.6) is 0 Å². The summed E-state index contributed by atoms with van der Waals surface area (Å²) in [5.74, 6) is 2.68. The largest absolute Gasteiger partial charge is 0.352 e. The molecule has 2 saturated heterocycles. The summed E-state index contributed by atoms with van der Waals surface area (Å²) < 4.78 is 14.7. The molecule has 3 aliphatic rings. The quantitative estimate of drug-likeness (QED) is 0.467. The number of halogens is 1. The standard InChI is InChI=1S/C26H35FN8OS/c1-6-35-19(17(2)12-31-35)11-20(28)34-15-25(4,5)21-22(29-16-30-23(21)34)32-8-9-33(18(3)13-32)24(36)26(14-27)7-10-37-26/h11-12,16,18,28H,2,6-10,13-15H2,1,3-5H3/b19-11+,28-20?. The summed E-state index contributed by atoms with van der Waals surface area (Å²) in [5.41, 5.74) is 0.718. The van der Waals surface area contributed by atoms with Crippen molar-refractivity contribution in [3.8, 4) is 0 Å². The lowest BCUT2D eigenvalue weighted by Crippen LogP contribution is -2.61. The van der Waals surface area contributed by atoms with E-state index in [1.807, 2.05) is 28.3 Å². The first-order valence-corrected chi connectivity index (χ1v) is 13.8. The first kappa shape index (κ1) is 25.7. The maximum atomic E-state index is 13.8. The van der Waals surface area contributed by atoms with E-state index in [9.17, 15) is 9.18 Å². The summed E-state index contributed by atoms with van der Waals surface area (Å²) in [5, 5.41) is 14.9. The third kappa shape index (κ3) is 4.20. The number of alkyl halides is 1. The van der Waals surface area contributed by atoms with Crippen LogP contribution in [0.1, 0.15) is 39.7 Å². The highest BCUT2D eigenvalue weighted by Gasteiger charge is 2.49. The molecular weight excluding hydrogens is 491 g/mol. The van der Waals surface area contributed by atoms with Crippen LogP contribution in [0.15, 0.2) is 12.5 Å². The lowest BCUT2D eigenvalue weighted by atomic mass is 9.87. The Morgan fingerprint density at radius 1 is 1.32 bits per heavy atom. The third-order valence-corrected chi connectivity index (χ3v) is 9.24. The number of nitrogens with one attached hydrogen (secondary N) is 1. The normalized spacial score (nSPS) is 25.3. The van der Waals surface area contributed by atoms with Gasteiger partial charge in [-0.2, -0.15) is 5.10 Å². The van der Waals surface area contributed by atoms with Gasteiger partial charge < -0.3 is 14.7 Å². The summed E-state index contributed by atoms with van der Waals surface area (Å²) in [6.45, 7) is 14.8. The lowest BCUT2D eigenvalue weighted by molar-refractivity contribution is -0.137. The number of hydrogen-bond donors (Lipinski definition) is 1. The molecule has 2 aromatic rings. The fourth-order valence-corrected chi connectivity index (χ4v) is 6.63. The van der Waals surface area contributed by atoms with Gasteiger partial charge in [-0.05, 0) is 26.0 Å². The van der Waals surface area contributed by atoms with Gasteiger partial charge in [0.25, 0.3) is 0 Å². The molecule has 0 bridgehead atoms. The van der Waals surface area contributed by atoms with Crippen molar-refractivity contribution in [1.29, 1.82) is 5.41 Å². The van der Waals surface area contributed by atoms with Crippen LogP contribution in [0.3, 0.4) is 0 Å². The zero-order valence-corrected chi connectivity index (χ0v) is 22.8. The molecule has 5 heterocycles. The number of amides is 1. The van der Waals surface area contributed by atoms with Crippen LogP contribution in [0, 0.1) is 5.41 Å². The highest BCUT2D eigenvalue weighted by molar-refractivity contribution is 8.02. The SMILES string of the molecule is C=c1cnn(CC)/c1=C/C(=N)N1CC(C)(C)c2c(N3CCN(C(=O)C4(CF)CCS4)C(C)C3)ncnc21. The number of aromatic nitrogens is 4. The number of amidine groups is 1. The van der Waals surface area contributed by atoms with Crippen molar-refractivity contribution in [2.75, 3.05) is 48.4 Å². The van der Waals surface area contributed by atoms with Crippen LogP contribution in [-0.4, -0.2) is 85.8 Å². The molecule has 0 aromatic carbocycles. The number of nitrogens with zero attached hydrogens (tertiary/aromatic N) is 7. The second-order valence-electron chi connectivity index (χ2n) is 10.8. The first-order valence-electron chi connectivity index (χ1n) is 12.8. The summed E-state index contributed by atoms with van der Waals surface area (Å²) in [6, 6.07) is -0.0615. The van der Waals surface area contributed by atoms with E-state index in [1.54, 1.807) is 18.6 Å². The van der Waals surface area contributed by atoms with Crippen LogP contribution in [0.4, 0.5) is 16.0 Å². The molecule has 2 atom stereocenters. The highest BCUT2D eigenvalue weighted by atomic mass is 32.2. The zero-order chi connectivity index (χ0) is 26.5. The van der Waals surface area contributed by atoms with E-state index in [-0.39, 0.29) is 17.4 Å². The van der Waals surface area contributed by atoms with E-state index in [4.69, 9.17) is 10.4 Å². The number of hydrogen-bond acceptors (Lipinski definition) is 7. The van der Waals surface area contributed by atoms with Gasteiger partial charge in [-0.15, -0.1) is 11.8 Å². The smallest absolute Gasteiger partial charge is 0.241 e. The van der Waals surface area contributed by atoms with Crippen LogP contribution in [0.2, 0.25) is 0 Å². The predicted molar refractivity (Wildman–Crippen MR) is 146 cm³/mol. The molecule has 2 aromatic heterocycles. The van der Waals surface area contributed by atoms with Crippen molar-refractivity contribution < 1.29 is 9.18 Å². The molecule has 0 aliphatic carbocycles. The van der Waals surface area contributed by atoms with Crippen molar-refractivity contribution in [2.24, 2.45) is 0 Å².